The molecule has 1 aromatic carbocycles. The summed E-state index contributed by atoms with van der Waals surface area (Å²) in [6.45, 7) is 2.74. The molecule has 2 rings (SSSR count). The van der Waals surface area contributed by atoms with Crippen molar-refractivity contribution in [3.63, 3.8) is 0 Å². The number of nitrogens with zero attached hydrogens (tertiary/aromatic N) is 2. The number of imide groups is 1. The fraction of sp³-hybridized carbons (Fsp3) is 0.312. The van der Waals surface area contributed by atoms with Gasteiger partial charge in [-0.25, -0.2) is 0 Å². The lowest BCUT2D eigenvalue weighted by Crippen LogP contribution is -2.35. The summed E-state index contributed by atoms with van der Waals surface area (Å²) in [4.78, 5) is 47.0. The number of aromatic hydroxyl groups is 1. The summed E-state index contributed by atoms with van der Waals surface area (Å²) < 4.78 is 9.80. The second-order valence-electron chi connectivity index (χ2n) is 5.65. The van der Waals surface area contributed by atoms with Crippen LogP contribution in [0.15, 0.2) is 17.0 Å². The first-order valence-corrected chi connectivity index (χ1v) is 8.46. The molecule has 0 unspecified atom stereocenters. The Morgan fingerprint density at radius 2 is 2.07 bits per heavy atom. The third kappa shape index (κ3) is 4.56. The summed E-state index contributed by atoms with van der Waals surface area (Å²) in [5, 5.41) is 20.2. The van der Waals surface area contributed by atoms with Crippen LogP contribution >= 0.6 is 11.8 Å². The number of benzene rings is 1. The molecule has 2 amide bonds. The van der Waals surface area contributed by atoms with Crippen molar-refractivity contribution in [1.29, 1.82) is 0 Å². The number of hydrogen-bond donors (Lipinski definition) is 1. The monoisotopic (exact) mass is 396 g/mol. The second-order valence-corrected chi connectivity index (χ2v) is 6.65. The molecular formula is C16H16N2O8S. The fourth-order valence-corrected chi connectivity index (χ4v) is 3.05. The number of phenols is 1. The molecule has 11 heteroatoms. The van der Waals surface area contributed by atoms with E-state index in [1.807, 2.05) is 0 Å². The Bertz CT molecular complexity index is 849. The molecule has 0 bridgehead atoms. The lowest BCUT2D eigenvalue weighted by Gasteiger charge is -2.13. The average molecular weight is 396 g/mol. The van der Waals surface area contributed by atoms with Crippen molar-refractivity contribution < 1.29 is 33.9 Å². The van der Waals surface area contributed by atoms with E-state index < -0.39 is 46.1 Å². The quantitative estimate of drug-likeness (QED) is 0.332. The van der Waals surface area contributed by atoms with E-state index in [0.717, 1.165) is 11.0 Å². The van der Waals surface area contributed by atoms with Gasteiger partial charge in [0.25, 0.3) is 11.1 Å². The minimum absolute atomic E-state index is 0.0283. The third-order valence-corrected chi connectivity index (χ3v) is 4.23. The fourth-order valence-electron chi connectivity index (χ4n) is 2.21. The van der Waals surface area contributed by atoms with Gasteiger partial charge >= 0.3 is 11.7 Å². The molecular weight excluding hydrogens is 380 g/mol. The molecule has 0 radical (unpaired) electrons. The van der Waals surface area contributed by atoms with Crippen molar-refractivity contribution in [3.05, 3.63) is 32.7 Å². The van der Waals surface area contributed by atoms with Gasteiger partial charge in [-0.2, -0.15) is 0 Å². The summed E-state index contributed by atoms with van der Waals surface area (Å²) in [5.74, 6) is -2.25. The van der Waals surface area contributed by atoms with Gasteiger partial charge in [-0.1, -0.05) is 0 Å². The molecule has 1 saturated heterocycles. The summed E-state index contributed by atoms with van der Waals surface area (Å²) >= 11 is 0.587. The number of carbonyl (C=O) groups excluding carboxylic acids is 3. The zero-order chi connectivity index (χ0) is 20.3. The Morgan fingerprint density at radius 1 is 1.41 bits per heavy atom. The number of esters is 1. The van der Waals surface area contributed by atoms with Gasteiger partial charge in [0.05, 0.1) is 23.0 Å². The van der Waals surface area contributed by atoms with Crippen molar-refractivity contribution >= 4 is 40.6 Å². The first-order chi connectivity index (χ1) is 12.6. The van der Waals surface area contributed by atoms with Crippen LogP contribution < -0.4 is 4.74 Å². The Morgan fingerprint density at radius 3 is 2.63 bits per heavy atom. The van der Waals surface area contributed by atoms with Crippen molar-refractivity contribution in [3.8, 4) is 11.5 Å². The van der Waals surface area contributed by atoms with Crippen molar-refractivity contribution in [2.45, 2.75) is 20.0 Å². The van der Waals surface area contributed by atoms with Gasteiger partial charge in [0.2, 0.25) is 5.75 Å². The molecule has 1 fully saturated rings. The van der Waals surface area contributed by atoms with Crippen molar-refractivity contribution in [2.24, 2.45) is 0 Å². The minimum atomic E-state index is -0.803. The predicted octanol–water partition coefficient (Wildman–Crippen LogP) is 2.30. The number of carbonyl (C=O) groups is 3. The van der Waals surface area contributed by atoms with Crippen molar-refractivity contribution in [1.82, 2.24) is 4.90 Å². The summed E-state index contributed by atoms with van der Waals surface area (Å²) in [6, 6.07) is 2.32. The first kappa shape index (κ1) is 20.2. The molecule has 1 N–H and O–H groups in total. The van der Waals surface area contributed by atoms with Crippen molar-refractivity contribution in [2.75, 3.05) is 13.7 Å². The average Bonchev–Trinajstić information content (AvgIpc) is 2.82. The summed E-state index contributed by atoms with van der Waals surface area (Å²) in [7, 11) is 1.22. The number of methoxy groups -OCH3 is 1. The molecule has 1 aliphatic heterocycles. The van der Waals surface area contributed by atoms with Gasteiger partial charge in [-0.3, -0.25) is 29.4 Å². The van der Waals surface area contributed by atoms with E-state index >= 15 is 0 Å². The Kier molecular flexibility index (Phi) is 6.05. The van der Waals surface area contributed by atoms with Crippen LogP contribution in [-0.4, -0.2) is 51.8 Å². The van der Waals surface area contributed by atoms with Gasteiger partial charge in [-0.05, 0) is 43.3 Å². The van der Waals surface area contributed by atoms with Crippen LogP contribution in [0.25, 0.3) is 6.08 Å². The van der Waals surface area contributed by atoms with E-state index in [0.29, 0.717) is 11.8 Å². The van der Waals surface area contributed by atoms with Crippen LogP contribution in [-0.2, 0) is 14.3 Å². The Hall–Kier alpha value is -3.08. The van der Waals surface area contributed by atoms with E-state index in [-0.39, 0.29) is 16.2 Å². The van der Waals surface area contributed by atoms with Gasteiger partial charge in [0, 0.05) is 6.07 Å². The smallest absolute Gasteiger partial charge is 0.326 e. The zero-order valence-electron chi connectivity index (χ0n) is 14.6. The lowest BCUT2D eigenvalue weighted by atomic mass is 10.1. The number of thioether (sulfide) groups is 1. The van der Waals surface area contributed by atoms with Crippen LogP contribution in [0.2, 0.25) is 0 Å². The van der Waals surface area contributed by atoms with E-state index in [4.69, 9.17) is 9.47 Å². The highest BCUT2D eigenvalue weighted by atomic mass is 32.2. The third-order valence-electron chi connectivity index (χ3n) is 3.32. The zero-order valence-corrected chi connectivity index (χ0v) is 15.4. The van der Waals surface area contributed by atoms with Crippen LogP contribution in [0.4, 0.5) is 10.5 Å². The molecule has 1 heterocycles. The van der Waals surface area contributed by atoms with E-state index in [9.17, 15) is 29.6 Å². The Labute approximate surface area is 157 Å². The predicted molar refractivity (Wildman–Crippen MR) is 95.2 cm³/mol. The maximum Gasteiger partial charge on any atom is 0.326 e. The second kappa shape index (κ2) is 8.08. The first-order valence-electron chi connectivity index (χ1n) is 7.64. The van der Waals surface area contributed by atoms with E-state index in [1.54, 1.807) is 13.8 Å². The highest BCUT2D eigenvalue weighted by Crippen LogP contribution is 2.39. The molecule has 10 nitrogen and oxygen atoms in total. The lowest BCUT2D eigenvalue weighted by molar-refractivity contribution is -0.386. The molecule has 1 aromatic rings. The SMILES string of the molecule is COc1cc(/C=C2/SC(=O)N(CC(=O)OC(C)C)C2=O)cc([N+](=O)[O-])c1O. The molecule has 0 aliphatic carbocycles. The number of ether oxygens (including phenoxy) is 2. The van der Waals surface area contributed by atoms with E-state index in [1.165, 1.54) is 19.3 Å². The Balaban J connectivity index is 2.31. The van der Waals surface area contributed by atoms with Gasteiger partial charge < -0.3 is 14.6 Å². The van der Waals surface area contributed by atoms with Crippen LogP contribution in [0.1, 0.15) is 19.4 Å². The van der Waals surface area contributed by atoms with Gasteiger partial charge in [0.15, 0.2) is 5.75 Å². The topological polar surface area (TPSA) is 136 Å². The molecule has 0 aromatic heterocycles. The molecule has 1 aliphatic rings. The van der Waals surface area contributed by atoms with Gasteiger partial charge in [0.1, 0.15) is 6.54 Å². The van der Waals surface area contributed by atoms with Crippen LogP contribution in [0, 0.1) is 10.1 Å². The highest BCUT2D eigenvalue weighted by molar-refractivity contribution is 8.18. The number of nitro groups is 1. The number of phenolic OH excluding ortho intramolecular Hbond substituents is 1. The molecule has 27 heavy (non-hydrogen) atoms. The minimum Gasteiger partial charge on any atom is -0.500 e. The largest absolute Gasteiger partial charge is 0.500 e. The molecule has 144 valence electrons. The number of amides is 2. The number of nitro benzene ring substituents is 1. The molecule has 0 saturated carbocycles. The molecule has 0 spiro atoms. The number of hydrogen-bond acceptors (Lipinski definition) is 9. The maximum atomic E-state index is 12.4. The normalized spacial score (nSPS) is 15.6. The number of rotatable bonds is 6. The summed E-state index contributed by atoms with van der Waals surface area (Å²) in [5.41, 5.74) is -0.438. The van der Waals surface area contributed by atoms with E-state index in [2.05, 4.69) is 0 Å². The maximum absolute atomic E-state index is 12.4. The van der Waals surface area contributed by atoms with Gasteiger partial charge in [-0.15, -0.1) is 0 Å². The van der Waals surface area contributed by atoms with Crippen LogP contribution in [0.3, 0.4) is 0 Å². The standard InChI is InChI=1S/C16H16N2O8S/c1-8(2)26-13(19)7-17-15(21)12(27-16(17)22)6-9-4-10(18(23)24)14(20)11(5-9)25-3/h4-6,8,20H,7H2,1-3H3/b12-6+. The van der Waals surface area contributed by atoms with Crippen LogP contribution in [0.5, 0.6) is 11.5 Å². The highest BCUT2D eigenvalue weighted by Gasteiger charge is 2.37. The molecule has 0 atom stereocenters. The summed E-state index contributed by atoms with van der Waals surface area (Å²) in [6.07, 6.45) is 0.853.